The highest BCUT2D eigenvalue weighted by molar-refractivity contribution is 7.09. The number of morpholine rings is 1. The molecular formula is C18H17ClF3N5OS. The fourth-order valence-corrected chi connectivity index (χ4v) is 4.14. The Morgan fingerprint density at radius 1 is 1.31 bits per heavy atom. The van der Waals surface area contributed by atoms with Crippen molar-refractivity contribution >= 4 is 22.9 Å². The maximum Gasteiger partial charge on any atom is 0.408 e. The highest BCUT2D eigenvalue weighted by Crippen LogP contribution is 2.28. The van der Waals surface area contributed by atoms with Gasteiger partial charge in [0.15, 0.2) is 5.82 Å². The molecule has 6 nitrogen and oxygen atoms in total. The van der Waals surface area contributed by atoms with Crippen LogP contribution in [0.25, 0.3) is 11.3 Å². The van der Waals surface area contributed by atoms with Gasteiger partial charge in [0.2, 0.25) is 0 Å². The molecule has 29 heavy (non-hydrogen) atoms. The van der Waals surface area contributed by atoms with Crippen LogP contribution < -0.4 is 0 Å². The van der Waals surface area contributed by atoms with E-state index in [1.54, 1.807) is 0 Å². The van der Waals surface area contributed by atoms with Gasteiger partial charge in [0.1, 0.15) is 17.9 Å². The van der Waals surface area contributed by atoms with Crippen LogP contribution in [0.3, 0.4) is 0 Å². The Hall–Kier alpha value is -2.01. The van der Waals surface area contributed by atoms with Crippen LogP contribution in [0.15, 0.2) is 36.0 Å². The number of halogens is 4. The summed E-state index contributed by atoms with van der Waals surface area (Å²) in [6.07, 6.45) is -3.23. The summed E-state index contributed by atoms with van der Waals surface area (Å²) in [4.78, 5) is 10.8. The first-order valence-corrected chi connectivity index (χ1v) is 10.1. The van der Waals surface area contributed by atoms with Crippen molar-refractivity contribution in [3.63, 3.8) is 0 Å². The first-order chi connectivity index (χ1) is 13.9. The third-order valence-corrected chi connectivity index (χ3v) is 5.51. The molecule has 0 radical (unpaired) electrons. The zero-order chi connectivity index (χ0) is 20.4. The molecule has 1 aliphatic heterocycles. The average Bonchev–Trinajstić information content (AvgIpc) is 3.31. The molecule has 0 N–H and O–H groups in total. The molecule has 0 bridgehead atoms. The Morgan fingerprint density at radius 3 is 2.97 bits per heavy atom. The lowest BCUT2D eigenvalue weighted by molar-refractivity contribution is -0.142. The van der Waals surface area contributed by atoms with Gasteiger partial charge in [-0.15, -0.1) is 11.3 Å². The van der Waals surface area contributed by atoms with Crippen LogP contribution in [0.4, 0.5) is 13.2 Å². The predicted molar refractivity (Wildman–Crippen MR) is 103 cm³/mol. The summed E-state index contributed by atoms with van der Waals surface area (Å²) in [5.74, 6) is 0.320. The first-order valence-electron chi connectivity index (χ1n) is 8.85. The summed E-state index contributed by atoms with van der Waals surface area (Å²) in [5, 5.41) is 7.51. The largest absolute Gasteiger partial charge is 0.408 e. The maximum absolute atomic E-state index is 12.6. The Balaban J connectivity index is 1.49. The van der Waals surface area contributed by atoms with E-state index >= 15 is 0 Å². The van der Waals surface area contributed by atoms with Gasteiger partial charge in [-0.3, -0.25) is 4.90 Å². The van der Waals surface area contributed by atoms with E-state index in [-0.39, 0.29) is 6.04 Å². The van der Waals surface area contributed by atoms with Crippen LogP contribution in [-0.2, 0) is 17.8 Å². The van der Waals surface area contributed by atoms with Gasteiger partial charge in [-0.05, 0) is 12.1 Å². The van der Waals surface area contributed by atoms with Gasteiger partial charge in [-0.25, -0.2) is 14.6 Å². The second kappa shape index (κ2) is 8.39. The monoisotopic (exact) mass is 443 g/mol. The molecule has 0 saturated carbocycles. The number of alkyl halides is 3. The number of nitrogens with zero attached hydrogens (tertiary/aromatic N) is 5. The summed E-state index contributed by atoms with van der Waals surface area (Å²) >= 11 is 7.58. The first kappa shape index (κ1) is 20.3. The van der Waals surface area contributed by atoms with Crippen LogP contribution >= 0.6 is 22.9 Å². The van der Waals surface area contributed by atoms with Crippen molar-refractivity contribution < 1.29 is 17.9 Å². The van der Waals surface area contributed by atoms with E-state index in [0.29, 0.717) is 37.2 Å². The van der Waals surface area contributed by atoms with Gasteiger partial charge in [0.25, 0.3) is 0 Å². The summed E-state index contributed by atoms with van der Waals surface area (Å²) in [6.45, 7) is 0.843. The molecule has 1 saturated heterocycles. The van der Waals surface area contributed by atoms with Crippen LogP contribution in [0.2, 0.25) is 5.02 Å². The predicted octanol–water partition coefficient (Wildman–Crippen LogP) is 4.19. The highest BCUT2D eigenvalue weighted by Gasteiger charge is 2.31. The van der Waals surface area contributed by atoms with Gasteiger partial charge in [0, 0.05) is 22.5 Å². The SMILES string of the molecule is FC(F)(F)Cn1cnc(C2COCCN2Cc2nc(-c3cccc(Cl)c3)cs2)n1. The quantitative estimate of drug-likeness (QED) is 0.591. The van der Waals surface area contributed by atoms with Crippen LogP contribution in [0.1, 0.15) is 16.9 Å². The van der Waals surface area contributed by atoms with E-state index in [1.165, 1.54) is 11.3 Å². The molecule has 1 unspecified atom stereocenters. The van der Waals surface area contributed by atoms with Crippen molar-refractivity contribution in [3.05, 3.63) is 51.8 Å². The summed E-state index contributed by atoms with van der Waals surface area (Å²) in [7, 11) is 0. The van der Waals surface area contributed by atoms with Crippen molar-refractivity contribution in [1.82, 2.24) is 24.6 Å². The Kier molecular flexibility index (Phi) is 5.86. The minimum absolute atomic E-state index is 0.320. The van der Waals surface area contributed by atoms with Gasteiger partial charge < -0.3 is 4.74 Å². The Bertz CT molecular complexity index is 976. The molecule has 1 fully saturated rings. The van der Waals surface area contributed by atoms with E-state index in [9.17, 15) is 13.2 Å². The highest BCUT2D eigenvalue weighted by atomic mass is 35.5. The van der Waals surface area contributed by atoms with Crippen molar-refractivity contribution in [1.29, 1.82) is 0 Å². The Labute approximate surface area is 173 Å². The number of benzene rings is 1. The normalized spacial score (nSPS) is 18.3. The van der Waals surface area contributed by atoms with Crippen LogP contribution in [-0.4, -0.2) is 50.6 Å². The number of rotatable bonds is 5. The van der Waals surface area contributed by atoms with Crippen molar-refractivity contribution in [2.45, 2.75) is 25.3 Å². The average molecular weight is 444 g/mol. The number of thiazole rings is 1. The van der Waals surface area contributed by atoms with E-state index in [1.807, 2.05) is 29.6 Å². The van der Waals surface area contributed by atoms with Gasteiger partial charge in [0.05, 0.1) is 31.5 Å². The zero-order valence-electron chi connectivity index (χ0n) is 15.1. The lowest BCUT2D eigenvalue weighted by Gasteiger charge is -2.33. The fraction of sp³-hybridized carbons (Fsp3) is 0.389. The third kappa shape index (κ3) is 5.13. The number of ether oxygens (including phenoxy) is 1. The number of hydrogen-bond acceptors (Lipinski definition) is 6. The topological polar surface area (TPSA) is 56.1 Å². The smallest absolute Gasteiger partial charge is 0.378 e. The second-order valence-electron chi connectivity index (χ2n) is 6.61. The summed E-state index contributed by atoms with van der Waals surface area (Å²) in [5.41, 5.74) is 1.77. The molecule has 0 aliphatic carbocycles. The third-order valence-electron chi connectivity index (χ3n) is 4.44. The van der Waals surface area contributed by atoms with Gasteiger partial charge >= 0.3 is 6.18 Å². The van der Waals surface area contributed by atoms with E-state index in [4.69, 9.17) is 16.3 Å². The lowest BCUT2D eigenvalue weighted by atomic mass is 10.2. The molecule has 3 heterocycles. The summed E-state index contributed by atoms with van der Waals surface area (Å²) in [6, 6.07) is 7.16. The molecule has 2 aromatic heterocycles. The van der Waals surface area contributed by atoms with E-state index in [2.05, 4.69) is 20.0 Å². The molecule has 0 amide bonds. The van der Waals surface area contributed by atoms with Gasteiger partial charge in [-0.2, -0.15) is 18.3 Å². The molecule has 4 rings (SSSR count). The zero-order valence-corrected chi connectivity index (χ0v) is 16.7. The molecule has 0 spiro atoms. The second-order valence-corrected chi connectivity index (χ2v) is 7.99. The molecule has 11 heteroatoms. The minimum atomic E-state index is -4.34. The fourth-order valence-electron chi connectivity index (χ4n) is 3.12. The van der Waals surface area contributed by atoms with Crippen molar-refractivity contribution in [2.24, 2.45) is 0 Å². The lowest BCUT2D eigenvalue weighted by Crippen LogP contribution is -2.39. The molecular weight excluding hydrogens is 427 g/mol. The molecule has 3 aromatic rings. The van der Waals surface area contributed by atoms with Crippen molar-refractivity contribution in [3.8, 4) is 11.3 Å². The summed E-state index contributed by atoms with van der Waals surface area (Å²) < 4.78 is 44.1. The molecule has 1 aromatic carbocycles. The van der Waals surface area contributed by atoms with Gasteiger partial charge in [-0.1, -0.05) is 23.7 Å². The van der Waals surface area contributed by atoms with Crippen molar-refractivity contribution in [2.75, 3.05) is 19.8 Å². The van der Waals surface area contributed by atoms with E-state index in [0.717, 1.165) is 27.3 Å². The van der Waals surface area contributed by atoms with Crippen LogP contribution in [0, 0.1) is 0 Å². The van der Waals surface area contributed by atoms with E-state index < -0.39 is 12.7 Å². The molecule has 1 atom stereocenters. The molecule has 1 aliphatic rings. The standard InChI is InChI=1S/C18H17ClF3N5OS/c19-13-3-1-2-12(6-13)14-9-29-16(24-14)7-26-4-5-28-8-15(26)17-23-11-27(25-17)10-18(20,21)22/h1-3,6,9,11,15H,4-5,7-8,10H2. The maximum atomic E-state index is 12.6. The molecule has 154 valence electrons. The number of hydrogen-bond donors (Lipinski definition) is 0. The van der Waals surface area contributed by atoms with Crippen LogP contribution in [0.5, 0.6) is 0 Å². The minimum Gasteiger partial charge on any atom is -0.378 e. The Morgan fingerprint density at radius 2 is 2.17 bits per heavy atom. The number of aromatic nitrogens is 4.